The van der Waals surface area contributed by atoms with E-state index in [0.29, 0.717) is 29.3 Å². The topological polar surface area (TPSA) is 54.5 Å². The molecule has 7 heteroatoms. The molecule has 2 fully saturated rings. The van der Waals surface area contributed by atoms with Gasteiger partial charge in [0.15, 0.2) is 0 Å². The second-order valence-electron chi connectivity index (χ2n) is 7.38. The zero-order valence-corrected chi connectivity index (χ0v) is 19.9. The third kappa shape index (κ3) is 9.06. The summed E-state index contributed by atoms with van der Waals surface area (Å²) in [4.78, 5) is 18.6. The van der Waals surface area contributed by atoms with Crippen LogP contribution in [0.3, 0.4) is 0 Å². The molecule has 5 nitrogen and oxygen atoms in total. The van der Waals surface area contributed by atoms with E-state index in [1.165, 1.54) is 0 Å². The molecule has 2 saturated heterocycles. The number of piperidine rings is 1. The quantitative estimate of drug-likeness (QED) is 0.662. The second kappa shape index (κ2) is 14.3. The van der Waals surface area contributed by atoms with Gasteiger partial charge in [0.2, 0.25) is 11.8 Å². The number of pyridine rings is 1. The first-order chi connectivity index (χ1) is 15.1. The van der Waals surface area contributed by atoms with Crippen LogP contribution in [-0.4, -0.2) is 48.6 Å². The fourth-order valence-corrected chi connectivity index (χ4v) is 3.82. The van der Waals surface area contributed by atoms with Gasteiger partial charge in [-0.25, -0.2) is 4.98 Å². The Balaban J connectivity index is 0.000000319. The van der Waals surface area contributed by atoms with Gasteiger partial charge in [0.1, 0.15) is 0 Å². The highest BCUT2D eigenvalue weighted by molar-refractivity contribution is 6.30. The fraction of sp³-hybridized carbons (Fsp3) is 0.500. The minimum atomic E-state index is 0.207. The minimum Gasteiger partial charge on any atom is -0.477 e. The number of likely N-dealkylation sites (tertiary alicyclic amines) is 1. The molecule has 2 aromatic rings. The summed E-state index contributed by atoms with van der Waals surface area (Å²) in [7, 11) is 0. The second-order valence-corrected chi connectivity index (χ2v) is 8.26. The van der Waals surface area contributed by atoms with Gasteiger partial charge in [-0.05, 0) is 50.6 Å². The number of carbonyl (C=O) groups is 1. The van der Waals surface area contributed by atoms with Crippen molar-refractivity contribution in [2.75, 3.05) is 32.8 Å². The van der Waals surface area contributed by atoms with Crippen LogP contribution in [-0.2, 0) is 4.79 Å². The van der Waals surface area contributed by atoms with Crippen molar-refractivity contribution in [3.8, 4) is 5.88 Å². The first kappa shape index (κ1) is 25.4. The summed E-state index contributed by atoms with van der Waals surface area (Å²) in [6.45, 7) is 8.17. The number of benzene rings is 1. The van der Waals surface area contributed by atoms with Crippen LogP contribution >= 0.6 is 23.2 Å². The molecule has 0 radical (unpaired) electrons. The van der Waals surface area contributed by atoms with E-state index in [-0.39, 0.29) is 5.92 Å². The molecule has 2 aliphatic rings. The molecular formula is C24H33Cl2N3O2. The Hall–Kier alpha value is -1.82. The molecule has 4 rings (SSSR count). The highest BCUT2D eigenvalue weighted by Crippen LogP contribution is 2.23. The molecule has 2 aliphatic heterocycles. The molecule has 1 unspecified atom stereocenters. The first-order valence-corrected chi connectivity index (χ1v) is 11.8. The summed E-state index contributed by atoms with van der Waals surface area (Å²) in [5.41, 5.74) is 0. The van der Waals surface area contributed by atoms with Gasteiger partial charge in [-0.1, -0.05) is 55.2 Å². The van der Waals surface area contributed by atoms with E-state index in [1.54, 1.807) is 18.3 Å². The van der Waals surface area contributed by atoms with E-state index in [2.05, 4.69) is 10.3 Å². The number of nitrogens with one attached hydrogen (secondary N) is 1. The van der Waals surface area contributed by atoms with Gasteiger partial charge in [0.25, 0.3) is 0 Å². The third-order valence-electron chi connectivity index (χ3n) is 5.19. The Morgan fingerprint density at radius 1 is 1.06 bits per heavy atom. The van der Waals surface area contributed by atoms with E-state index >= 15 is 0 Å². The predicted molar refractivity (Wildman–Crippen MR) is 128 cm³/mol. The molecule has 31 heavy (non-hydrogen) atoms. The van der Waals surface area contributed by atoms with Gasteiger partial charge in [0.05, 0.1) is 11.6 Å². The highest BCUT2D eigenvalue weighted by Gasteiger charge is 2.31. The Morgan fingerprint density at radius 2 is 1.77 bits per heavy atom. The maximum absolute atomic E-state index is 12.5. The average Bonchev–Trinajstić information content (AvgIpc) is 3.30. The monoisotopic (exact) mass is 465 g/mol. The van der Waals surface area contributed by atoms with E-state index < -0.39 is 0 Å². The lowest BCUT2D eigenvalue weighted by molar-refractivity contribution is -0.135. The molecule has 0 aliphatic carbocycles. The first-order valence-electron chi connectivity index (χ1n) is 11.1. The summed E-state index contributed by atoms with van der Waals surface area (Å²) >= 11 is 11.3. The molecule has 3 heterocycles. The molecule has 0 spiro atoms. The lowest BCUT2D eigenvalue weighted by Gasteiger charge is -2.26. The molecule has 1 amide bonds. The van der Waals surface area contributed by atoms with Crippen LogP contribution in [0.1, 0.15) is 33.1 Å². The number of hydrogen-bond acceptors (Lipinski definition) is 4. The van der Waals surface area contributed by atoms with Crippen molar-refractivity contribution in [2.24, 2.45) is 11.8 Å². The van der Waals surface area contributed by atoms with Crippen molar-refractivity contribution in [3.05, 3.63) is 58.7 Å². The normalized spacial score (nSPS) is 18.3. The Morgan fingerprint density at radius 3 is 2.35 bits per heavy atom. The van der Waals surface area contributed by atoms with E-state index in [4.69, 9.17) is 27.9 Å². The number of hydrogen-bond donors (Lipinski definition) is 1. The van der Waals surface area contributed by atoms with Crippen molar-refractivity contribution in [2.45, 2.75) is 33.1 Å². The molecule has 0 saturated carbocycles. The lowest BCUT2D eigenvalue weighted by Crippen LogP contribution is -2.40. The summed E-state index contributed by atoms with van der Waals surface area (Å²) < 4.78 is 5.70. The predicted octanol–water partition coefficient (Wildman–Crippen LogP) is 5.33. The molecule has 1 aromatic heterocycles. The summed E-state index contributed by atoms with van der Waals surface area (Å²) in [6, 6.07) is 13.0. The number of rotatable bonds is 4. The SMILES string of the molecule is CC.Clc1ccccc1.O=C(C1CCNCC1)N1CCC(COc2ccc(Cl)cn2)C1. The molecule has 1 N–H and O–H groups in total. The van der Waals surface area contributed by atoms with Crippen molar-refractivity contribution in [1.82, 2.24) is 15.2 Å². The molecule has 1 aromatic carbocycles. The van der Waals surface area contributed by atoms with Crippen LogP contribution < -0.4 is 10.1 Å². The Kier molecular flexibility index (Phi) is 11.7. The highest BCUT2D eigenvalue weighted by atomic mass is 35.5. The summed E-state index contributed by atoms with van der Waals surface area (Å²) in [5, 5.41) is 4.70. The molecular weight excluding hydrogens is 433 g/mol. The van der Waals surface area contributed by atoms with Gasteiger partial charge in [-0.3, -0.25) is 4.79 Å². The van der Waals surface area contributed by atoms with Gasteiger partial charge in [-0.2, -0.15) is 0 Å². The Bertz CT molecular complexity index is 753. The standard InChI is InChI=1S/C16H22ClN3O2.C6H5Cl.C2H6/c17-14-1-2-15(19-9-14)22-11-12-5-8-20(10-12)16(21)13-3-6-18-7-4-13;7-6-4-2-1-3-5-6;1-2/h1-2,9,12-13,18H,3-8,10-11H2;1-5H;1-2H3. The number of ether oxygens (including phenoxy) is 1. The van der Waals surface area contributed by atoms with Crippen LogP contribution in [0.15, 0.2) is 48.7 Å². The minimum absolute atomic E-state index is 0.207. The molecule has 0 bridgehead atoms. The largest absolute Gasteiger partial charge is 0.477 e. The number of amides is 1. The summed E-state index contributed by atoms with van der Waals surface area (Å²) in [6.07, 6.45) is 4.51. The third-order valence-corrected chi connectivity index (χ3v) is 5.66. The zero-order valence-electron chi connectivity index (χ0n) is 18.4. The smallest absolute Gasteiger partial charge is 0.225 e. The number of aromatic nitrogens is 1. The maximum atomic E-state index is 12.5. The number of carbonyl (C=O) groups excluding carboxylic acids is 1. The van der Waals surface area contributed by atoms with Crippen LogP contribution in [0, 0.1) is 11.8 Å². The van der Waals surface area contributed by atoms with Gasteiger partial charge < -0.3 is 15.0 Å². The van der Waals surface area contributed by atoms with Crippen molar-refractivity contribution >= 4 is 29.1 Å². The van der Waals surface area contributed by atoms with E-state index in [9.17, 15) is 4.79 Å². The summed E-state index contributed by atoms with van der Waals surface area (Å²) in [5.74, 6) is 1.52. The number of nitrogens with zero attached hydrogens (tertiary/aromatic N) is 2. The van der Waals surface area contributed by atoms with Crippen LogP contribution in [0.25, 0.3) is 0 Å². The number of halogens is 2. The molecule has 1 atom stereocenters. The lowest BCUT2D eigenvalue weighted by atomic mass is 9.97. The van der Waals surface area contributed by atoms with Crippen LogP contribution in [0.4, 0.5) is 0 Å². The Labute approximate surface area is 196 Å². The average molecular weight is 466 g/mol. The van der Waals surface area contributed by atoms with Crippen LogP contribution in [0.5, 0.6) is 5.88 Å². The fourth-order valence-electron chi connectivity index (χ4n) is 3.56. The van der Waals surface area contributed by atoms with Crippen LogP contribution in [0.2, 0.25) is 10.0 Å². The van der Waals surface area contributed by atoms with Crippen molar-refractivity contribution in [3.63, 3.8) is 0 Å². The zero-order chi connectivity index (χ0) is 22.5. The van der Waals surface area contributed by atoms with Gasteiger partial charge in [-0.15, -0.1) is 0 Å². The van der Waals surface area contributed by atoms with Crippen molar-refractivity contribution < 1.29 is 9.53 Å². The van der Waals surface area contributed by atoms with Gasteiger partial charge in [0, 0.05) is 42.2 Å². The molecule has 170 valence electrons. The maximum Gasteiger partial charge on any atom is 0.225 e. The van der Waals surface area contributed by atoms with Gasteiger partial charge >= 0.3 is 0 Å². The van der Waals surface area contributed by atoms with E-state index in [0.717, 1.165) is 50.5 Å². The van der Waals surface area contributed by atoms with E-state index in [1.807, 2.05) is 49.1 Å². The van der Waals surface area contributed by atoms with Crippen molar-refractivity contribution in [1.29, 1.82) is 0 Å².